The molecule has 2 N–H and O–H groups in total. The van der Waals surface area contributed by atoms with Crippen molar-refractivity contribution in [1.82, 2.24) is 39.2 Å². The van der Waals surface area contributed by atoms with Gasteiger partial charge in [0.2, 0.25) is 21.7 Å². The average molecular weight is 1340 g/mol. The maximum atomic E-state index is 16.9. The van der Waals surface area contributed by atoms with Gasteiger partial charge in [0.25, 0.3) is 5.79 Å². The number of benzene rings is 4. The van der Waals surface area contributed by atoms with Crippen LogP contribution >= 0.6 is 63.0 Å². The molecule has 10 rings (SSSR count). The molecule has 2 aliphatic rings. The first-order chi connectivity index (χ1) is 41.7. The molecule has 0 saturated carbocycles. The van der Waals surface area contributed by atoms with E-state index in [-0.39, 0.29) is 34.6 Å². The summed E-state index contributed by atoms with van der Waals surface area (Å²) in [7, 11) is 0. The van der Waals surface area contributed by atoms with Gasteiger partial charge in [-0.05, 0) is 110 Å². The lowest BCUT2D eigenvalue weighted by molar-refractivity contribution is -0.256. The summed E-state index contributed by atoms with van der Waals surface area (Å²) in [5, 5.41) is 30.6. The van der Waals surface area contributed by atoms with Crippen molar-refractivity contribution in [3.63, 3.8) is 0 Å². The molecule has 0 aliphatic carbocycles. The van der Waals surface area contributed by atoms with Crippen molar-refractivity contribution in [2.75, 3.05) is 44.8 Å². The molecule has 6 heterocycles. The molecular formula is C59H63BrF2N8O13S4. The Hall–Kier alpha value is -7.05. The van der Waals surface area contributed by atoms with Crippen molar-refractivity contribution in [3.8, 4) is 0 Å². The van der Waals surface area contributed by atoms with Gasteiger partial charge in [-0.3, -0.25) is 0 Å². The summed E-state index contributed by atoms with van der Waals surface area (Å²) in [6.07, 6.45) is 5.89. The number of alkyl halides is 2. The van der Waals surface area contributed by atoms with E-state index in [4.69, 9.17) is 33.5 Å². The Morgan fingerprint density at radius 2 is 0.989 bits per heavy atom. The third-order valence-corrected chi connectivity index (χ3v) is 15.3. The summed E-state index contributed by atoms with van der Waals surface area (Å²) in [6.45, 7) is 7.25. The zero-order valence-corrected chi connectivity index (χ0v) is 53.4. The van der Waals surface area contributed by atoms with Crippen LogP contribution in [0.3, 0.4) is 0 Å². The van der Waals surface area contributed by atoms with Gasteiger partial charge in [0, 0.05) is 6.61 Å². The fraction of sp³-hybridized carbons (Fsp3) is 0.339. The van der Waals surface area contributed by atoms with Crippen LogP contribution < -0.4 is 0 Å². The van der Waals surface area contributed by atoms with E-state index in [1.807, 2.05) is 12.5 Å². The number of aliphatic hydroxyl groups is 2. The van der Waals surface area contributed by atoms with Gasteiger partial charge in [0.1, 0.15) is 39.7 Å². The summed E-state index contributed by atoms with van der Waals surface area (Å²) in [5.41, 5.74) is -3.41. The topological polar surface area (TPSA) is 267 Å². The Morgan fingerprint density at radius 3 is 1.41 bits per heavy atom. The molecule has 7 atom stereocenters. The second kappa shape index (κ2) is 32.3. The summed E-state index contributed by atoms with van der Waals surface area (Å²) >= 11 is 9.04. The van der Waals surface area contributed by atoms with E-state index in [1.165, 1.54) is 76.7 Å². The number of imidazole rings is 2. The van der Waals surface area contributed by atoms with Gasteiger partial charge in [-0.2, -0.15) is 0 Å². The number of rotatable bonds is 15. The average Bonchev–Trinajstić information content (AvgIpc) is 1.65. The SMILES string of the molecule is CCC.CCO.CSc1nc(SC)c2ncc(Br)n2n1.CSc1nc(SC)c2ncc(C3(O)O[C@H](COC(=O)c4ccccc4)[C@@H](OC(=O)c4ccccc4)[C@@]3(C)F)n2n1.C[C@]1(F)C(=O)O[C@H](COC(=O)c2ccccc2)[C@H]1OC(=O)c1ccccc1. The summed E-state index contributed by atoms with van der Waals surface area (Å²) < 4.78 is 67.6. The fourth-order valence-corrected chi connectivity index (χ4v) is 10.3. The van der Waals surface area contributed by atoms with E-state index >= 15 is 4.39 Å². The minimum Gasteiger partial charge on any atom is -0.459 e. The molecular weight excluding hydrogens is 1270 g/mol. The van der Waals surface area contributed by atoms with Crippen molar-refractivity contribution < 1.29 is 71.4 Å². The Kier molecular flexibility index (Phi) is 25.6. The molecule has 87 heavy (non-hydrogen) atoms. The number of cyclic esters (lactones) is 1. The largest absolute Gasteiger partial charge is 0.459 e. The van der Waals surface area contributed by atoms with Crippen LogP contribution in [-0.2, 0) is 39.0 Å². The van der Waals surface area contributed by atoms with Crippen molar-refractivity contribution in [3.05, 3.63) is 166 Å². The molecule has 21 nitrogen and oxygen atoms in total. The molecule has 0 amide bonds. The van der Waals surface area contributed by atoms with Crippen LogP contribution in [0.4, 0.5) is 8.78 Å². The Bertz CT molecular complexity index is 3580. The molecule has 2 saturated heterocycles. The summed E-state index contributed by atoms with van der Waals surface area (Å²) in [5.74, 6) is -6.86. The number of thioether (sulfide) groups is 4. The monoisotopic (exact) mass is 1340 g/mol. The summed E-state index contributed by atoms with van der Waals surface area (Å²) in [4.78, 5) is 79.0. The Labute approximate surface area is 525 Å². The van der Waals surface area contributed by atoms with Gasteiger partial charge in [-0.25, -0.2) is 61.7 Å². The van der Waals surface area contributed by atoms with Gasteiger partial charge in [0.15, 0.2) is 29.6 Å². The number of carbonyl (C=O) groups is 5. The van der Waals surface area contributed by atoms with Gasteiger partial charge >= 0.3 is 29.8 Å². The number of hydrogen-bond donors (Lipinski definition) is 2. The minimum atomic E-state index is -2.73. The van der Waals surface area contributed by atoms with Gasteiger partial charge in [-0.1, -0.05) is 117 Å². The number of ether oxygens (including phenoxy) is 6. The normalized spacial score (nSPS) is 20.8. The minimum absolute atomic E-state index is 0.141. The molecule has 0 spiro atoms. The molecule has 8 aromatic rings. The second-order valence-electron chi connectivity index (χ2n) is 18.6. The molecule has 0 bridgehead atoms. The van der Waals surface area contributed by atoms with Crippen molar-refractivity contribution in [2.45, 2.75) is 103 Å². The number of nitrogens with zero attached hydrogens (tertiary/aromatic N) is 8. The third kappa shape index (κ3) is 16.8. The predicted molar refractivity (Wildman–Crippen MR) is 328 cm³/mol. The third-order valence-electron chi connectivity index (χ3n) is 12.3. The number of aromatic nitrogens is 8. The van der Waals surface area contributed by atoms with Crippen LogP contribution in [0.5, 0.6) is 0 Å². The Balaban J connectivity index is 0.000000220. The van der Waals surface area contributed by atoms with Gasteiger partial charge < -0.3 is 38.6 Å². The van der Waals surface area contributed by atoms with Crippen LogP contribution in [0.15, 0.2) is 159 Å². The highest BCUT2D eigenvalue weighted by atomic mass is 79.9. The maximum absolute atomic E-state index is 16.9. The number of halogens is 3. The Morgan fingerprint density at radius 1 is 0.609 bits per heavy atom. The molecule has 28 heteroatoms. The number of carbonyl (C=O) groups excluding carboxylic acids is 5. The molecule has 0 radical (unpaired) electrons. The lowest BCUT2D eigenvalue weighted by Gasteiger charge is -2.32. The van der Waals surface area contributed by atoms with Crippen molar-refractivity contribution in [1.29, 1.82) is 0 Å². The van der Waals surface area contributed by atoms with E-state index in [2.05, 4.69) is 59.9 Å². The standard InChI is InChI=1S/C27H25FN4O6S2.C20H17FO6.C7H7BrN4S2.C3H8.C2H6O/c1-26(28)20(37-24(34)17-12-8-5-9-13-17)18(15-36-23(33)16-10-6-4-7-11-16)38-27(26,35)19-14-29-21-22(39-2)30-25(40-3)31-32(19)21;1-20(21)16(27-18(23)14-10-6-3-7-11-14)15(26-19(20)24)12-25-17(22)13-8-4-2-5-9-13;1-13-6-5-9-3-4(8)12(5)11-7(10-6)14-2;1-3-2;1-2-3/h4-14,18,20,35H,15H2,1-3H3;2-11,15-16H,12H2,1H3;3H,1-2H3;3H2,1-2H3;3H,2H2,1H3/t18-,20-,26-,27?;15-,16-,20-;;;/m11.../s1. The van der Waals surface area contributed by atoms with Crippen LogP contribution in [0.2, 0.25) is 0 Å². The number of fused-ring (bicyclic) bond motifs is 2. The molecule has 462 valence electrons. The zero-order chi connectivity index (χ0) is 63.5. The van der Waals surface area contributed by atoms with Crippen molar-refractivity contribution in [2.24, 2.45) is 0 Å². The molecule has 2 aliphatic heterocycles. The maximum Gasteiger partial charge on any atom is 0.348 e. The molecule has 4 aromatic carbocycles. The van der Waals surface area contributed by atoms with Crippen LogP contribution in [0.25, 0.3) is 11.3 Å². The number of hydrogen-bond acceptors (Lipinski definition) is 23. The predicted octanol–water partition coefficient (Wildman–Crippen LogP) is 10.4. The smallest absolute Gasteiger partial charge is 0.348 e. The molecule has 1 unspecified atom stereocenters. The first-order valence-electron chi connectivity index (χ1n) is 26.6. The zero-order valence-electron chi connectivity index (χ0n) is 48.6. The molecule has 2 fully saturated rings. The first kappa shape index (κ1) is 69.1. The summed E-state index contributed by atoms with van der Waals surface area (Å²) in [6, 6.07) is 32.4. The van der Waals surface area contributed by atoms with E-state index in [0.717, 1.165) is 34.3 Å². The van der Waals surface area contributed by atoms with E-state index < -0.39 is 84.6 Å². The lowest BCUT2D eigenvalue weighted by atomic mass is 9.89. The van der Waals surface area contributed by atoms with Gasteiger partial charge in [0.05, 0.1) is 34.6 Å². The quantitative estimate of drug-likeness (QED) is 0.0549. The van der Waals surface area contributed by atoms with Gasteiger partial charge in [-0.15, -0.1) is 33.7 Å². The van der Waals surface area contributed by atoms with Crippen LogP contribution in [0.1, 0.15) is 88.2 Å². The van der Waals surface area contributed by atoms with E-state index in [9.17, 15) is 33.5 Å². The first-order valence-corrected chi connectivity index (χ1v) is 32.3. The fourth-order valence-electron chi connectivity index (χ4n) is 8.12. The van der Waals surface area contributed by atoms with Crippen LogP contribution in [0, 0.1) is 0 Å². The van der Waals surface area contributed by atoms with Crippen LogP contribution in [-0.4, -0.2) is 160 Å². The molecule has 4 aromatic heterocycles. The lowest BCUT2D eigenvalue weighted by Crippen LogP contribution is -2.51. The van der Waals surface area contributed by atoms with E-state index in [0.29, 0.717) is 15.7 Å². The van der Waals surface area contributed by atoms with E-state index in [1.54, 1.807) is 139 Å². The van der Waals surface area contributed by atoms with Crippen molar-refractivity contribution >= 4 is 104 Å². The highest BCUT2D eigenvalue weighted by molar-refractivity contribution is 9.10. The highest BCUT2D eigenvalue weighted by Crippen LogP contribution is 2.50. The highest BCUT2D eigenvalue weighted by Gasteiger charge is 2.68. The number of esters is 5. The second-order valence-corrected chi connectivity index (χ2v) is 22.6. The number of aliphatic hydroxyl groups excluding tert-OH is 1.